The smallest absolute Gasteiger partial charge is 0.241 e. The van der Waals surface area contributed by atoms with Gasteiger partial charge in [-0.1, -0.05) is 24.4 Å². The Bertz CT molecular complexity index is 503. The summed E-state index contributed by atoms with van der Waals surface area (Å²) in [6.45, 7) is 0.752. The molecule has 1 saturated carbocycles. The first kappa shape index (κ1) is 12.8. The van der Waals surface area contributed by atoms with E-state index in [-0.39, 0.29) is 0 Å². The number of hydrogen-bond acceptors (Lipinski definition) is 5. The average molecular weight is 277 g/mol. The zero-order valence-electron chi connectivity index (χ0n) is 11.2. The van der Waals surface area contributed by atoms with Crippen molar-refractivity contribution in [3.8, 4) is 11.4 Å². The van der Waals surface area contributed by atoms with Crippen molar-refractivity contribution < 1.29 is 4.52 Å². The van der Waals surface area contributed by atoms with E-state index >= 15 is 0 Å². The van der Waals surface area contributed by atoms with Gasteiger partial charge in [-0.2, -0.15) is 16.3 Å². The molecule has 19 heavy (non-hydrogen) atoms. The molecule has 0 saturated heterocycles. The molecule has 0 unspecified atom stereocenters. The van der Waals surface area contributed by atoms with E-state index in [1.54, 1.807) is 11.3 Å². The Labute approximate surface area is 117 Å². The fourth-order valence-electron chi connectivity index (χ4n) is 2.69. The second-order valence-corrected chi connectivity index (χ2v) is 6.01. The van der Waals surface area contributed by atoms with E-state index in [0.717, 1.165) is 12.1 Å². The summed E-state index contributed by atoms with van der Waals surface area (Å²) in [7, 11) is 2.16. The Kier molecular flexibility index (Phi) is 3.94. The van der Waals surface area contributed by atoms with Crippen LogP contribution in [0.3, 0.4) is 0 Å². The zero-order chi connectivity index (χ0) is 13.1. The van der Waals surface area contributed by atoms with Crippen molar-refractivity contribution in [3.63, 3.8) is 0 Å². The van der Waals surface area contributed by atoms with Crippen LogP contribution in [0.4, 0.5) is 0 Å². The van der Waals surface area contributed by atoms with E-state index < -0.39 is 0 Å². The summed E-state index contributed by atoms with van der Waals surface area (Å²) >= 11 is 1.65. The molecule has 0 radical (unpaired) electrons. The molecule has 1 aliphatic carbocycles. The van der Waals surface area contributed by atoms with Gasteiger partial charge in [0.2, 0.25) is 11.7 Å². The summed E-state index contributed by atoms with van der Waals surface area (Å²) < 4.78 is 5.35. The van der Waals surface area contributed by atoms with Crippen LogP contribution in [0.1, 0.15) is 38.0 Å². The van der Waals surface area contributed by atoms with Crippen molar-refractivity contribution in [2.75, 3.05) is 7.05 Å². The molecule has 4 nitrogen and oxygen atoms in total. The van der Waals surface area contributed by atoms with Crippen molar-refractivity contribution >= 4 is 11.3 Å². The van der Waals surface area contributed by atoms with Gasteiger partial charge in [0.15, 0.2) is 0 Å². The quantitative estimate of drug-likeness (QED) is 0.857. The normalized spacial score (nSPS) is 17.2. The molecule has 102 valence electrons. The van der Waals surface area contributed by atoms with E-state index in [0.29, 0.717) is 17.8 Å². The van der Waals surface area contributed by atoms with Crippen LogP contribution in [0.5, 0.6) is 0 Å². The third-order valence-electron chi connectivity index (χ3n) is 3.83. The van der Waals surface area contributed by atoms with Gasteiger partial charge in [-0.15, -0.1) is 0 Å². The second-order valence-electron chi connectivity index (χ2n) is 5.23. The molecule has 0 spiro atoms. The molecule has 2 aromatic heterocycles. The number of aromatic nitrogens is 2. The number of hydrogen-bond donors (Lipinski definition) is 0. The van der Waals surface area contributed by atoms with E-state index in [2.05, 4.69) is 22.1 Å². The highest BCUT2D eigenvalue weighted by atomic mass is 32.1. The first-order chi connectivity index (χ1) is 9.33. The minimum absolute atomic E-state index is 0.672. The summed E-state index contributed by atoms with van der Waals surface area (Å²) in [5.74, 6) is 1.42. The van der Waals surface area contributed by atoms with Gasteiger partial charge in [-0.25, -0.2) is 0 Å². The van der Waals surface area contributed by atoms with Gasteiger partial charge >= 0.3 is 0 Å². The van der Waals surface area contributed by atoms with Crippen molar-refractivity contribution in [2.45, 2.75) is 44.7 Å². The lowest BCUT2D eigenvalue weighted by atomic mass is 9.94. The summed E-state index contributed by atoms with van der Waals surface area (Å²) in [4.78, 5) is 6.83. The molecule has 0 amide bonds. The lowest BCUT2D eigenvalue weighted by Gasteiger charge is -2.29. The number of rotatable bonds is 4. The SMILES string of the molecule is CN(Cc1nc(-c2ccsc2)no1)C1CCCCC1. The molecule has 3 rings (SSSR count). The number of nitrogens with zero attached hydrogens (tertiary/aromatic N) is 3. The predicted molar refractivity (Wildman–Crippen MR) is 76.0 cm³/mol. The number of thiophene rings is 1. The van der Waals surface area contributed by atoms with Crippen LogP contribution in [0.15, 0.2) is 21.3 Å². The summed E-state index contributed by atoms with van der Waals surface area (Å²) in [6.07, 6.45) is 6.66. The lowest BCUT2D eigenvalue weighted by molar-refractivity contribution is 0.165. The minimum atomic E-state index is 0.672. The van der Waals surface area contributed by atoms with Crippen LogP contribution >= 0.6 is 11.3 Å². The first-order valence-corrected chi connectivity index (χ1v) is 7.82. The van der Waals surface area contributed by atoms with Crippen LogP contribution in [0, 0.1) is 0 Å². The van der Waals surface area contributed by atoms with Gasteiger partial charge in [0.1, 0.15) is 0 Å². The monoisotopic (exact) mass is 277 g/mol. The van der Waals surface area contributed by atoms with Crippen LogP contribution in [0.2, 0.25) is 0 Å². The third kappa shape index (κ3) is 3.04. The Balaban J connectivity index is 1.63. The van der Waals surface area contributed by atoms with E-state index in [1.165, 1.54) is 32.1 Å². The summed E-state index contributed by atoms with van der Waals surface area (Å²) in [6, 6.07) is 2.69. The maximum absolute atomic E-state index is 5.35. The summed E-state index contributed by atoms with van der Waals surface area (Å²) in [5, 5.41) is 8.12. The predicted octanol–water partition coefficient (Wildman–Crippen LogP) is 3.56. The molecule has 0 aliphatic heterocycles. The second kappa shape index (κ2) is 5.84. The van der Waals surface area contributed by atoms with Gasteiger partial charge in [0, 0.05) is 17.0 Å². The molecule has 0 N–H and O–H groups in total. The maximum atomic E-state index is 5.35. The van der Waals surface area contributed by atoms with Gasteiger partial charge in [0.05, 0.1) is 6.54 Å². The molecule has 0 atom stereocenters. The molecule has 0 bridgehead atoms. The Morgan fingerprint density at radius 3 is 2.95 bits per heavy atom. The Morgan fingerprint density at radius 1 is 1.37 bits per heavy atom. The molecular formula is C14H19N3OS. The van der Waals surface area contributed by atoms with Crippen molar-refractivity contribution in [1.82, 2.24) is 15.0 Å². The van der Waals surface area contributed by atoms with Crippen LogP contribution in [-0.4, -0.2) is 28.1 Å². The molecule has 2 aromatic rings. The average Bonchev–Trinajstić information content (AvgIpc) is 3.10. The van der Waals surface area contributed by atoms with E-state index in [1.807, 2.05) is 16.8 Å². The molecule has 0 aromatic carbocycles. The fraction of sp³-hybridized carbons (Fsp3) is 0.571. The van der Waals surface area contributed by atoms with Crippen LogP contribution in [-0.2, 0) is 6.54 Å². The van der Waals surface area contributed by atoms with Gasteiger partial charge in [-0.05, 0) is 31.3 Å². The van der Waals surface area contributed by atoms with Gasteiger partial charge in [0.25, 0.3) is 0 Å². The van der Waals surface area contributed by atoms with Gasteiger partial charge < -0.3 is 4.52 Å². The highest BCUT2D eigenvalue weighted by molar-refractivity contribution is 7.08. The van der Waals surface area contributed by atoms with Crippen LogP contribution in [0.25, 0.3) is 11.4 Å². The molecule has 1 aliphatic rings. The highest BCUT2D eigenvalue weighted by Gasteiger charge is 2.20. The van der Waals surface area contributed by atoms with E-state index in [9.17, 15) is 0 Å². The lowest BCUT2D eigenvalue weighted by Crippen LogP contribution is -2.32. The van der Waals surface area contributed by atoms with Crippen molar-refractivity contribution in [3.05, 3.63) is 22.7 Å². The van der Waals surface area contributed by atoms with Crippen molar-refractivity contribution in [1.29, 1.82) is 0 Å². The Morgan fingerprint density at radius 2 is 2.21 bits per heavy atom. The largest absolute Gasteiger partial charge is 0.338 e. The summed E-state index contributed by atoms with van der Waals surface area (Å²) in [5.41, 5.74) is 1.04. The molecule has 2 heterocycles. The molecule has 1 fully saturated rings. The Hall–Kier alpha value is -1.20. The van der Waals surface area contributed by atoms with E-state index in [4.69, 9.17) is 4.52 Å². The van der Waals surface area contributed by atoms with Gasteiger partial charge in [-0.3, -0.25) is 4.90 Å². The van der Waals surface area contributed by atoms with Crippen molar-refractivity contribution in [2.24, 2.45) is 0 Å². The molecule has 5 heteroatoms. The highest BCUT2D eigenvalue weighted by Crippen LogP contribution is 2.23. The van der Waals surface area contributed by atoms with Crippen LogP contribution < -0.4 is 0 Å². The first-order valence-electron chi connectivity index (χ1n) is 6.88. The zero-order valence-corrected chi connectivity index (χ0v) is 12.0. The maximum Gasteiger partial charge on any atom is 0.241 e. The molecular weight excluding hydrogens is 258 g/mol. The topological polar surface area (TPSA) is 42.2 Å². The standard InChI is InChI=1S/C14H19N3OS/c1-17(12-5-3-2-4-6-12)9-13-15-14(16-18-13)11-7-8-19-10-11/h7-8,10,12H,2-6,9H2,1H3. The third-order valence-corrected chi connectivity index (χ3v) is 4.51. The fourth-order valence-corrected chi connectivity index (χ4v) is 3.33. The minimum Gasteiger partial charge on any atom is -0.338 e.